The highest BCUT2D eigenvalue weighted by Gasteiger charge is 2.25. The molecule has 3 unspecified atom stereocenters. The average Bonchev–Trinajstić information content (AvgIpc) is 2.24. The molecule has 1 rings (SSSR count). The van der Waals surface area contributed by atoms with E-state index in [1.807, 2.05) is 11.8 Å². The van der Waals surface area contributed by atoms with Crippen molar-refractivity contribution in [3.8, 4) is 0 Å². The van der Waals surface area contributed by atoms with Gasteiger partial charge in [0.1, 0.15) is 0 Å². The standard InChI is InChI=1S/C13H28N2S/c1-10(2)8-16-9-13(15-14)12-6-4-5-11(3)7-12/h10-13,15H,4-9,14H2,1-3H3. The molecule has 3 atom stereocenters. The summed E-state index contributed by atoms with van der Waals surface area (Å²) in [5.41, 5.74) is 3.05. The fraction of sp³-hybridized carbons (Fsp3) is 1.00. The zero-order valence-corrected chi connectivity index (χ0v) is 11.9. The Bertz CT molecular complexity index is 185. The highest BCUT2D eigenvalue weighted by atomic mass is 32.2. The van der Waals surface area contributed by atoms with Crippen LogP contribution in [0.25, 0.3) is 0 Å². The minimum atomic E-state index is 0.520. The number of nitrogens with one attached hydrogen (secondary N) is 1. The second-order valence-electron chi connectivity index (χ2n) is 5.74. The van der Waals surface area contributed by atoms with Gasteiger partial charge in [-0.3, -0.25) is 11.3 Å². The van der Waals surface area contributed by atoms with Gasteiger partial charge in [0.2, 0.25) is 0 Å². The number of hydrogen-bond acceptors (Lipinski definition) is 3. The monoisotopic (exact) mass is 244 g/mol. The van der Waals surface area contributed by atoms with Crippen molar-refractivity contribution in [3.05, 3.63) is 0 Å². The summed E-state index contributed by atoms with van der Waals surface area (Å²) in [6.45, 7) is 6.93. The molecule has 1 fully saturated rings. The highest BCUT2D eigenvalue weighted by molar-refractivity contribution is 7.99. The van der Waals surface area contributed by atoms with Gasteiger partial charge in [0.25, 0.3) is 0 Å². The van der Waals surface area contributed by atoms with Gasteiger partial charge in [-0.1, -0.05) is 33.6 Å². The molecule has 0 aromatic carbocycles. The molecule has 0 amide bonds. The molecule has 96 valence electrons. The maximum Gasteiger partial charge on any atom is 0.0329 e. The lowest BCUT2D eigenvalue weighted by Crippen LogP contribution is -2.44. The zero-order valence-electron chi connectivity index (χ0n) is 11.0. The van der Waals surface area contributed by atoms with Gasteiger partial charge >= 0.3 is 0 Å². The van der Waals surface area contributed by atoms with Crippen LogP contribution >= 0.6 is 11.8 Å². The second-order valence-corrected chi connectivity index (χ2v) is 6.81. The fourth-order valence-electron chi connectivity index (χ4n) is 2.60. The second kappa shape index (κ2) is 7.57. The van der Waals surface area contributed by atoms with Gasteiger partial charge in [-0.15, -0.1) is 0 Å². The highest BCUT2D eigenvalue weighted by Crippen LogP contribution is 2.31. The lowest BCUT2D eigenvalue weighted by Gasteiger charge is -2.32. The Labute approximate surface area is 105 Å². The topological polar surface area (TPSA) is 38.0 Å². The van der Waals surface area contributed by atoms with Crippen molar-refractivity contribution in [2.24, 2.45) is 23.6 Å². The molecule has 1 saturated carbocycles. The van der Waals surface area contributed by atoms with E-state index in [2.05, 4.69) is 26.2 Å². The molecular formula is C13H28N2S. The molecule has 0 bridgehead atoms. The average molecular weight is 244 g/mol. The molecule has 1 aliphatic carbocycles. The van der Waals surface area contributed by atoms with Crippen LogP contribution in [0.4, 0.5) is 0 Å². The summed E-state index contributed by atoms with van der Waals surface area (Å²) < 4.78 is 0. The first-order chi connectivity index (χ1) is 7.63. The van der Waals surface area contributed by atoms with Crippen LogP contribution in [0, 0.1) is 17.8 Å². The number of hydrazine groups is 1. The lowest BCUT2D eigenvalue weighted by molar-refractivity contribution is 0.235. The number of rotatable bonds is 6. The Balaban J connectivity index is 2.28. The van der Waals surface area contributed by atoms with E-state index in [1.165, 1.54) is 37.2 Å². The van der Waals surface area contributed by atoms with Gasteiger partial charge < -0.3 is 0 Å². The van der Waals surface area contributed by atoms with E-state index in [0.29, 0.717) is 6.04 Å². The molecule has 0 aromatic rings. The van der Waals surface area contributed by atoms with E-state index in [4.69, 9.17) is 5.84 Å². The van der Waals surface area contributed by atoms with Crippen molar-refractivity contribution in [1.82, 2.24) is 5.43 Å². The van der Waals surface area contributed by atoms with E-state index in [-0.39, 0.29) is 0 Å². The number of hydrogen-bond donors (Lipinski definition) is 2. The molecule has 0 radical (unpaired) electrons. The molecular weight excluding hydrogens is 216 g/mol. The van der Waals surface area contributed by atoms with Crippen LogP contribution in [0.2, 0.25) is 0 Å². The van der Waals surface area contributed by atoms with Gasteiger partial charge in [0, 0.05) is 11.8 Å². The van der Waals surface area contributed by atoms with Crippen LogP contribution in [-0.2, 0) is 0 Å². The van der Waals surface area contributed by atoms with Crippen LogP contribution < -0.4 is 11.3 Å². The minimum absolute atomic E-state index is 0.520. The van der Waals surface area contributed by atoms with Crippen molar-refractivity contribution in [2.75, 3.05) is 11.5 Å². The van der Waals surface area contributed by atoms with Gasteiger partial charge in [0.05, 0.1) is 0 Å². The molecule has 0 aliphatic heterocycles. The molecule has 3 heteroatoms. The summed E-state index contributed by atoms with van der Waals surface area (Å²) in [6, 6.07) is 0.520. The summed E-state index contributed by atoms with van der Waals surface area (Å²) in [5, 5.41) is 0. The van der Waals surface area contributed by atoms with E-state index in [9.17, 15) is 0 Å². The molecule has 0 heterocycles. The molecule has 3 N–H and O–H groups in total. The smallest absolute Gasteiger partial charge is 0.0329 e. The Kier molecular flexibility index (Phi) is 6.78. The van der Waals surface area contributed by atoms with Crippen molar-refractivity contribution < 1.29 is 0 Å². The van der Waals surface area contributed by atoms with Gasteiger partial charge in [-0.2, -0.15) is 11.8 Å². The Morgan fingerprint density at radius 2 is 2.06 bits per heavy atom. The molecule has 0 spiro atoms. The van der Waals surface area contributed by atoms with Crippen LogP contribution in [0.5, 0.6) is 0 Å². The fourth-order valence-corrected chi connectivity index (χ4v) is 3.83. The van der Waals surface area contributed by atoms with Crippen molar-refractivity contribution >= 4 is 11.8 Å². The SMILES string of the molecule is CC(C)CSCC(NN)C1CCCC(C)C1. The van der Waals surface area contributed by atoms with Crippen molar-refractivity contribution in [2.45, 2.75) is 52.5 Å². The third kappa shape index (κ3) is 5.07. The van der Waals surface area contributed by atoms with E-state index < -0.39 is 0 Å². The number of thioether (sulfide) groups is 1. The summed E-state index contributed by atoms with van der Waals surface area (Å²) in [7, 11) is 0. The van der Waals surface area contributed by atoms with Crippen LogP contribution in [0.3, 0.4) is 0 Å². The number of nitrogens with two attached hydrogens (primary N) is 1. The van der Waals surface area contributed by atoms with E-state index in [0.717, 1.165) is 17.8 Å². The van der Waals surface area contributed by atoms with E-state index in [1.54, 1.807) is 0 Å². The third-order valence-corrected chi connectivity index (χ3v) is 5.01. The third-order valence-electron chi connectivity index (χ3n) is 3.51. The molecule has 0 aromatic heterocycles. The summed E-state index contributed by atoms with van der Waals surface area (Å²) in [6.07, 6.45) is 5.52. The maximum atomic E-state index is 5.70. The van der Waals surface area contributed by atoms with Gasteiger partial charge in [-0.05, 0) is 36.3 Å². The first-order valence-electron chi connectivity index (χ1n) is 6.67. The van der Waals surface area contributed by atoms with Crippen LogP contribution in [-0.4, -0.2) is 17.5 Å². The predicted octanol–water partition coefficient (Wildman–Crippen LogP) is 3.03. The van der Waals surface area contributed by atoms with Gasteiger partial charge in [-0.25, -0.2) is 0 Å². The van der Waals surface area contributed by atoms with Crippen LogP contribution in [0.1, 0.15) is 46.5 Å². The van der Waals surface area contributed by atoms with E-state index >= 15 is 0 Å². The normalized spacial score (nSPS) is 28.3. The predicted molar refractivity (Wildman–Crippen MR) is 74.4 cm³/mol. The van der Waals surface area contributed by atoms with Gasteiger partial charge in [0.15, 0.2) is 0 Å². The Morgan fingerprint density at radius 1 is 1.31 bits per heavy atom. The first-order valence-corrected chi connectivity index (χ1v) is 7.82. The summed E-state index contributed by atoms with van der Waals surface area (Å²) >= 11 is 2.05. The Morgan fingerprint density at radius 3 is 2.62 bits per heavy atom. The maximum absolute atomic E-state index is 5.70. The van der Waals surface area contributed by atoms with Crippen LogP contribution in [0.15, 0.2) is 0 Å². The van der Waals surface area contributed by atoms with Crippen molar-refractivity contribution in [3.63, 3.8) is 0 Å². The molecule has 2 nitrogen and oxygen atoms in total. The molecule has 0 saturated heterocycles. The summed E-state index contributed by atoms with van der Waals surface area (Å²) in [5.74, 6) is 10.6. The lowest BCUT2D eigenvalue weighted by atomic mass is 9.79. The molecule has 1 aliphatic rings. The quantitative estimate of drug-likeness (QED) is 0.557. The van der Waals surface area contributed by atoms with Crippen molar-refractivity contribution in [1.29, 1.82) is 0 Å². The molecule has 16 heavy (non-hydrogen) atoms. The first kappa shape index (κ1) is 14.3. The zero-order chi connectivity index (χ0) is 12.0. The largest absolute Gasteiger partial charge is 0.271 e. The minimum Gasteiger partial charge on any atom is -0.271 e. The summed E-state index contributed by atoms with van der Waals surface area (Å²) in [4.78, 5) is 0. The Hall–Kier alpha value is 0.270.